The average molecular weight is 203 g/mol. The number of aromatic nitrogens is 4. The molecule has 0 saturated heterocycles. The summed E-state index contributed by atoms with van der Waals surface area (Å²) < 4.78 is 1.69. The molecule has 78 valence electrons. The van der Waals surface area contributed by atoms with Gasteiger partial charge in [0.1, 0.15) is 0 Å². The van der Waals surface area contributed by atoms with Crippen molar-refractivity contribution in [3.63, 3.8) is 0 Å². The lowest BCUT2D eigenvalue weighted by atomic mass is 10.2. The van der Waals surface area contributed by atoms with Gasteiger partial charge < -0.3 is 5.73 Å². The maximum absolute atomic E-state index is 5.86. The first-order valence-electron chi connectivity index (χ1n) is 4.95. The van der Waals surface area contributed by atoms with Gasteiger partial charge in [0.15, 0.2) is 5.82 Å². The summed E-state index contributed by atoms with van der Waals surface area (Å²) in [6.45, 7) is 2.09. The molecular weight excluding hydrogens is 190 g/mol. The largest absolute Gasteiger partial charge is 0.397 e. The van der Waals surface area contributed by atoms with Gasteiger partial charge in [0.2, 0.25) is 0 Å². The third kappa shape index (κ3) is 1.81. The molecule has 5 nitrogen and oxygen atoms in total. The van der Waals surface area contributed by atoms with Gasteiger partial charge >= 0.3 is 0 Å². The van der Waals surface area contributed by atoms with Gasteiger partial charge in [-0.1, -0.05) is 19.1 Å². The van der Waals surface area contributed by atoms with Gasteiger partial charge in [-0.05, 0) is 29.0 Å². The Kier molecular flexibility index (Phi) is 2.62. The highest BCUT2D eigenvalue weighted by atomic mass is 15.5. The molecule has 0 atom stereocenters. The van der Waals surface area contributed by atoms with Gasteiger partial charge in [-0.25, -0.2) is 0 Å². The maximum Gasteiger partial charge on any atom is 0.156 e. The number of benzene rings is 1. The molecule has 0 fully saturated rings. The fourth-order valence-electron chi connectivity index (χ4n) is 1.45. The molecule has 1 aromatic carbocycles. The van der Waals surface area contributed by atoms with Crippen LogP contribution in [0.25, 0.3) is 5.69 Å². The first-order valence-corrected chi connectivity index (χ1v) is 4.95. The van der Waals surface area contributed by atoms with Crippen molar-refractivity contribution in [2.24, 2.45) is 0 Å². The summed E-state index contributed by atoms with van der Waals surface area (Å²) in [5.41, 5.74) is 7.38. The summed E-state index contributed by atoms with van der Waals surface area (Å²) in [6, 6.07) is 7.56. The van der Waals surface area contributed by atoms with E-state index in [0.29, 0.717) is 5.69 Å². The molecule has 0 aliphatic rings. The third-order valence-corrected chi connectivity index (χ3v) is 2.17. The van der Waals surface area contributed by atoms with Crippen LogP contribution in [-0.4, -0.2) is 20.2 Å². The minimum absolute atomic E-state index is 0.683. The van der Waals surface area contributed by atoms with Crippen LogP contribution in [0.1, 0.15) is 19.2 Å². The molecule has 2 rings (SSSR count). The van der Waals surface area contributed by atoms with Gasteiger partial charge in [0.05, 0.1) is 11.4 Å². The third-order valence-electron chi connectivity index (χ3n) is 2.17. The topological polar surface area (TPSA) is 69.6 Å². The normalized spacial score (nSPS) is 10.5. The van der Waals surface area contributed by atoms with Crippen LogP contribution in [0.4, 0.5) is 5.69 Å². The SMILES string of the molecule is CCCc1nnnn1-c1ccccc1N. The molecule has 0 bridgehead atoms. The number of rotatable bonds is 3. The van der Waals surface area contributed by atoms with E-state index in [-0.39, 0.29) is 0 Å². The van der Waals surface area contributed by atoms with Crippen LogP contribution in [0.15, 0.2) is 24.3 Å². The Balaban J connectivity index is 2.45. The van der Waals surface area contributed by atoms with E-state index in [9.17, 15) is 0 Å². The highest BCUT2D eigenvalue weighted by Gasteiger charge is 2.08. The smallest absolute Gasteiger partial charge is 0.156 e. The number of nitrogens with zero attached hydrogens (tertiary/aromatic N) is 4. The molecule has 0 saturated carbocycles. The van der Waals surface area contributed by atoms with Crippen LogP contribution in [0.2, 0.25) is 0 Å². The Labute approximate surface area is 87.9 Å². The quantitative estimate of drug-likeness (QED) is 0.761. The minimum Gasteiger partial charge on any atom is -0.397 e. The van der Waals surface area contributed by atoms with Crippen molar-refractivity contribution < 1.29 is 0 Å². The van der Waals surface area contributed by atoms with Crippen LogP contribution in [0.3, 0.4) is 0 Å². The summed E-state index contributed by atoms with van der Waals surface area (Å²) in [5.74, 6) is 0.843. The van der Waals surface area contributed by atoms with Crippen molar-refractivity contribution in [1.82, 2.24) is 20.2 Å². The van der Waals surface area contributed by atoms with E-state index in [1.54, 1.807) is 4.68 Å². The van der Waals surface area contributed by atoms with Crippen LogP contribution >= 0.6 is 0 Å². The second-order valence-corrected chi connectivity index (χ2v) is 3.32. The molecule has 0 amide bonds. The van der Waals surface area contributed by atoms with Gasteiger partial charge in [-0.15, -0.1) is 5.10 Å². The number of tetrazole rings is 1. The molecule has 2 N–H and O–H groups in total. The van der Waals surface area contributed by atoms with Crippen LogP contribution in [0, 0.1) is 0 Å². The second kappa shape index (κ2) is 4.08. The molecule has 0 aliphatic carbocycles. The lowest BCUT2D eigenvalue weighted by Gasteiger charge is -2.05. The van der Waals surface area contributed by atoms with E-state index in [1.807, 2.05) is 24.3 Å². The zero-order valence-corrected chi connectivity index (χ0v) is 8.59. The Bertz CT molecular complexity index is 449. The lowest BCUT2D eigenvalue weighted by Crippen LogP contribution is -2.05. The summed E-state index contributed by atoms with van der Waals surface area (Å²) >= 11 is 0. The highest BCUT2D eigenvalue weighted by Crippen LogP contribution is 2.16. The number of anilines is 1. The molecule has 5 heteroatoms. The molecule has 0 aliphatic heterocycles. The van der Waals surface area contributed by atoms with E-state index in [0.717, 1.165) is 24.4 Å². The minimum atomic E-state index is 0.683. The summed E-state index contributed by atoms with van der Waals surface area (Å²) in [5, 5.41) is 11.6. The van der Waals surface area contributed by atoms with Crippen LogP contribution in [0.5, 0.6) is 0 Å². The Hall–Kier alpha value is -1.91. The van der Waals surface area contributed by atoms with E-state index in [4.69, 9.17) is 5.73 Å². The number of aryl methyl sites for hydroxylation is 1. The van der Waals surface area contributed by atoms with Gasteiger partial charge in [-0.2, -0.15) is 4.68 Å². The molecular formula is C10H13N5. The summed E-state index contributed by atoms with van der Waals surface area (Å²) in [7, 11) is 0. The number of nitrogens with two attached hydrogens (primary N) is 1. The monoisotopic (exact) mass is 203 g/mol. The molecule has 1 aromatic heterocycles. The van der Waals surface area contributed by atoms with Gasteiger partial charge in [0, 0.05) is 6.42 Å². The molecule has 0 unspecified atom stereocenters. The molecule has 0 spiro atoms. The first-order chi connectivity index (χ1) is 7.33. The number of hydrogen-bond donors (Lipinski definition) is 1. The lowest BCUT2D eigenvalue weighted by molar-refractivity contribution is 0.746. The van der Waals surface area contributed by atoms with Crippen molar-refractivity contribution in [3.05, 3.63) is 30.1 Å². The molecule has 2 aromatic rings. The predicted molar refractivity (Wildman–Crippen MR) is 57.6 cm³/mol. The predicted octanol–water partition coefficient (Wildman–Crippen LogP) is 1.20. The van der Waals surface area contributed by atoms with Crippen molar-refractivity contribution in [2.75, 3.05) is 5.73 Å². The maximum atomic E-state index is 5.86. The molecule has 1 heterocycles. The van der Waals surface area contributed by atoms with E-state index in [2.05, 4.69) is 22.4 Å². The van der Waals surface area contributed by atoms with Gasteiger partial charge in [0.25, 0.3) is 0 Å². The number of para-hydroxylation sites is 2. The average Bonchev–Trinajstić information content (AvgIpc) is 2.67. The van der Waals surface area contributed by atoms with Crippen molar-refractivity contribution in [3.8, 4) is 5.69 Å². The van der Waals surface area contributed by atoms with Crippen molar-refractivity contribution in [1.29, 1.82) is 0 Å². The molecule has 0 radical (unpaired) electrons. The Morgan fingerprint density at radius 1 is 1.33 bits per heavy atom. The van der Waals surface area contributed by atoms with Crippen molar-refractivity contribution >= 4 is 5.69 Å². The molecule has 15 heavy (non-hydrogen) atoms. The van der Waals surface area contributed by atoms with E-state index in [1.165, 1.54) is 0 Å². The highest BCUT2D eigenvalue weighted by molar-refractivity contribution is 5.56. The number of hydrogen-bond acceptors (Lipinski definition) is 4. The number of nitrogen functional groups attached to an aromatic ring is 1. The van der Waals surface area contributed by atoms with E-state index >= 15 is 0 Å². The van der Waals surface area contributed by atoms with Crippen LogP contribution in [-0.2, 0) is 6.42 Å². The fraction of sp³-hybridized carbons (Fsp3) is 0.300. The second-order valence-electron chi connectivity index (χ2n) is 3.32. The Morgan fingerprint density at radius 3 is 2.87 bits per heavy atom. The summed E-state index contributed by atoms with van der Waals surface area (Å²) in [6.07, 6.45) is 1.86. The van der Waals surface area contributed by atoms with Crippen molar-refractivity contribution in [2.45, 2.75) is 19.8 Å². The van der Waals surface area contributed by atoms with Gasteiger partial charge in [-0.3, -0.25) is 0 Å². The zero-order valence-electron chi connectivity index (χ0n) is 8.59. The summed E-state index contributed by atoms with van der Waals surface area (Å²) in [4.78, 5) is 0. The van der Waals surface area contributed by atoms with Crippen LogP contribution < -0.4 is 5.73 Å². The fourth-order valence-corrected chi connectivity index (χ4v) is 1.45. The Morgan fingerprint density at radius 2 is 2.13 bits per heavy atom. The standard InChI is InChI=1S/C10H13N5/c1-2-5-10-12-13-14-15(10)9-7-4-3-6-8(9)11/h3-4,6-7H,2,5,11H2,1H3. The first kappa shape index (κ1) is 9.64. The van der Waals surface area contributed by atoms with E-state index < -0.39 is 0 Å². The zero-order chi connectivity index (χ0) is 10.7.